The smallest absolute Gasteiger partial charge is 0.226 e. The van der Waals surface area contributed by atoms with Crippen molar-refractivity contribution in [3.05, 3.63) is 78.1 Å². The summed E-state index contributed by atoms with van der Waals surface area (Å²) in [6, 6.07) is 20.1. The Balaban J connectivity index is 1.66. The van der Waals surface area contributed by atoms with Gasteiger partial charge < -0.3 is 19.8 Å². The third-order valence-electron chi connectivity index (χ3n) is 4.61. The Labute approximate surface area is 152 Å². The number of nitrogens with zero attached hydrogens (tertiary/aromatic N) is 2. The molecule has 2 heterocycles. The van der Waals surface area contributed by atoms with Gasteiger partial charge in [-0.15, -0.1) is 0 Å². The average Bonchev–Trinajstić information content (AvgIpc) is 3.16. The average molecular weight is 347 g/mol. The summed E-state index contributed by atoms with van der Waals surface area (Å²) in [5.41, 5.74) is 9.69. The number of anilines is 1. The lowest BCUT2D eigenvalue weighted by Gasteiger charge is -2.34. The van der Waals surface area contributed by atoms with E-state index in [1.165, 1.54) is 5.56 Å². The second-order valence-corrected chi connectivity index (χ2v) is 6.21. The van der Waals surface area contributed by atoms with Crippen LogP contribution >= 0.6 is 0 Å². The highest BCUT2D eigenvalue weighted by Crippen LogP contribution is 2.37. The molecule has 5 nitrogen and oxygen atoms in total. The zero-order valence-electron chi connectivity index (χ0n) is 14.6. The van der Waals surface area contributed by atoms with E-state index < -0.39 is 0 Å². The number of furan rings is 1. The van der Waals surface area contributed by atoms with Crippen LogP contribution in [0.2, 0.25) is 0 Å². The first-order chi connectivity index (χ1) is 12.8. The summed E-state index contributed by atoms with van der Waals surface area (Å²) in [5, 5.41) is 0. The van der Waals surface area contributed by atoms with Crippen LogP contribution in [0.1, 0.15) is 23.7 Å². The minimum atomic E-state index is -0.333. The lowest BCUT2D eigenvalue weighted by molar-refractivity contribution is 0.415. The van der Waals surface area contributed by atoms with Gasteiger partial charge in [-0.2, -0.15) is 4.99 Å². The van der Waals surface area contributed by atoms with Crippen molar-refractivity contribution >= 4 is 17.4 Å². The molecule has 1 atom stereocenters. The Morgan fingerprint density at radius 2 is 1.81 bits per heavy atom. The van der Waals surface area contributed by atoms with E-state index in [-0.39, 0.29) is 6.17 Å². The summed E-state index contributed by atoms with van der Waals surface area (Å²) in [6.07, 6.45) is 2.96. The maximum absolute atomic E-state index is 6.55. The highest BCUT2D eigenvalue weighted by atomic mass is 16.5. The maximum Gasteiger partial charge on any atom is 0.226 e. The maximum atomic E-state index is 6.55. The van der Waals surface area contributed by atoms with Gasteiger partial charge in [0.25, 0.3) is 0 Å². The molecule has 0 amide bonds. The standard InChI is InChI=1S/C21H21N3O2/c1-25-17-10-8-16(9-11-17)24-19(12-7-15-5-3-2-4-6-15)23-21-18(20(24)22)13-14-26-21/h2-6,8-11,13-14,20H,7,12,22H2,1H3. The van der Waals surface area contributed by atoms with Gasteiger partial charge in [-0.05, 0) is 42.3 Å². The van der Waals surface area contributed by atoms with Gasteiger partial charge in [0.2, 0.25) is 5.88 Å². The van der Waals surface area contributed by atoms with Crippen LogP contribution in [0.5, 0.6) is 5.75 Å². The van der Waals surface area contributed by atoms with Crippen molar-refractivity contribution in [2.24, 2.45) is 10.7 Å². The van der Waals surface area contributed by atoms with Crippen molar-refractivity contribution in [3.8, 4) is 5.75 Å². The van der Waals surface area contributed by atoms with Gasteiger partial charge in [0.05, 0.1) is 18.9 Å². The molecule has 1 aliphatic rings. The number of benzene rings is 2. The van der Waals surface area contributed by atoms with Crippen LogP contribution in [-0.2, 0) is 6.42 Å². The second-order valence-electron chi connectivity index (χ2n) is 6.21. The highest BCUT2D eigenvalue weighted by molar-refractivity contribution is 6.01. The number of ether oxygens (including phenoxy) is 1. The van der Waals surface area contributed by atoms with E-state index in [0.717, 1.165) is 35.7 Å². The van der Waals surface area contributed by atoms with Crippen LogP contribution in [0.25, 0.3) is 0 Å². The first-order valence-corrected chi connectivity index (χ1v) is 8.64. The lowest BCUT2D eigenvalue weighted by atomic mass is 10.1. The number of rotatable bonds is 5. The molecule has 0 aliphatic carbocycles. The summed E-state index contributed by atoms with van der Waals surface area (Å²) >= 11 is 0. The van der Waals surface area contributed by atoms with Gasteiger partial charge in [0, 0.05) is 12.1 Å². The number of methoxy groups -OCH3 is 1. The molecular formula is C21H21N3O2. The molecule has 2 aromatic carbocycles. The number of hydrogen-bond acceptors (Lipinski definition) is 5. The van der Waals surface area contributed by atoms with Crippen LogP contribution in [0, 0.1) is 0 Å². The van der Waals surface area contributed by atoms with Gasteiger partial charge in [0.1, 0.15) is 17.8 Å². The molecule has 1 aliphatic heterocycles. The molecular weight excluding hydrogens is 326 g/mol. The molecule has 0 saturated carbocycles. The number of amidine groups is 1. The van der Waals surface area contributed by atoms with Gasteiger partial charge in [-0.1, -0.05) is 30.3 Å². The van der Waals surface area contributed by atoms with E-state index in [1.807, 2.05) is 36.4 Å². The SMILES string of the molecule is COc1ccc(N2C(CCc3ccccc3)=Nc3occc3C2N)cc1. The third-order valence-corrected chi connectivity index (χ3v) is 4.61. The minimum absolute atomic E-state index is 0.333. The van der Waals surface area contributed by atoms with Gasteiger partial charge in [0.15, 0.2) is 0 Å². The second kappa shape index (κ2) is 7.06. The van der Waals surface area contributed by atoms with Crippen molar-refractivity contribution in [2.45, 2.75) is 19.0 Å². The summed E-state index contributed by atoms with van der Waals surface area (Å²) in [4.78, 5) is 6.81. The molecule has 4 rings (SSSR count). The number of aliphatic imine (C=N–C) groups is 1. The fourth-order valence-corrected chi connectivity index (χ4v) is 3.23. The van der Waals surface area contributed by atoms with Crippen molar-refractivity contribution in [2.75, 3.05) is 12.0 Å². The monoisotopic (exact) mass is 347 g/mol. The van der Waals surface area contributed by atoms with Crippen LogP contribution < -0.4 is 15.4 Å². The molecule has 0 spiro atoms. The Kier molecular flexibility index (Phi) is 4.46. The van der Waals surface area contributed by atoms with E-state index in [9.17, 15) is 0 Å². The Bertz CT molecular complexity index is 901. The Morgan fingerprint density at radius 3 is 2.54 bits per heavy atom. The zero-order valence-corrected chi connectivity index (χ0v) is 14.6. The first kappa shape index (κ1) is 16.4. The minimum Gasteiger partial charge on any atom is -0.497 e. The molecule has 0 bridgehead atoms. The van der Waals surface area contributed by atoms with E-state index >= 15 is 0 Å². The summed E-state index contributed by atoms with van der Waals surface area (Å²) in [5.74, 6) is 2.31. The van der Waals surface area contributed by atoms with Crippen molar-refractivity contribution in [1.82, 2.24) is 0 Å². The molecule has 5 heteroatoms. The molecule has 1 aromatic heterocycles. The quantitative estimate of drug-likeness (QED) is 0.741. The molecule has 26 heavy (non-hydrogen) atoms. The van der Waals surface area contributed by atoms with Gasteiger partial charge in [-0.3, -0.25) is 0 Å². The lowest BCUT2D eigenvalue weighted by Crippen LogP contribution is -2.41. The largest absolute Gasteiger partial charge is 0.497 e. The summed E-state index contributed by atoms with van der Waals surface area (Å²) < 4.78 is 10.8. The molecule has 132 valence electrons. The Morgan fingerprint density at radius 1 is 1.04 bits per heavy atom. The van der Waals surface area contributed by atoms with Crippen LogP contribution in [-0.4, -0.2) is 12.9 Å². The van der Waals surface area contributed by atoms with Crippen molar-refractivity contribution in [1.29, 1.82) is 0 Å². The predicted octanol–water partition coefficient (Wildman–Crippen LogP) is 4.43. The van der Waals surface area contributed by atoms with E-state index in [1.54, 1.807) is 13.4 Å². The molecule has 0 radical (unpaired) electrons. The number of hydrogen-bond donors (Lipinski definition) is 1. The number of aryl methyl sites for hydroxylation is 1. The van der Waals surface area contributed by atoms with Gasteiger partial charge >= 0.3 is 0 Å². The topological polar surface area (TPSA) is 64.0 Å². The van der Waals surface area contributed by atoms with Crippen LogP contribution in [0.15, 0.2) is 76.3 Å². The van der Waals surface area contributed by atoms with E-state index in [2.05, 4.69) is 29.2 Å². The van der Waals surface area contributed by atoms with Crippen molar-refractivity contribution in [3.63, 3.8) is 0 Å². The molecule has 0 saturated heterocycles. The number of fused-ring (bicyclic) bond motifs is 1. The first-order valence-electron chi connectivity index (χ1n) is 8.64. The fraction of sp³-hybridized carbons (Fsp3) is 0.190. The molecule has 1 unspecified atom stereocenters. The normalized spacial score (nSPS) is 16.2. The predicted molar refractivity (Wildman–Crippen MR) is 103 cm³/mol. The molecule has 3 aromatic rings. The fourth-order valence-electron chi connectivity index (χ4n) is 3.23. The highest BCUT2D eigenvalue weighted by Gasteiger charge is 2.30. The summed E-state index contributed by atoms with van der Waals surface area (Å²) in [6.45, 7) is 0. The van der Waals surface area contributed by atoms with Crippen LogP contribution in [0.3, 0.4) is 0 Å². The van der Waals surface area contributed by atoms with E-state index in [0.29, 0.717) is 5.88 Å². The molecule has 2 N–H and O–H groups in total. The third kappa shape index (κ3) is 3.09. The zero-order chi connectivity index (χ0) is 17.9. The van der Waals surface area contributed by atoms with E-state index in [4.69, 9.17) is 19.9 Å². The Hall–Kier alpha value is -3.05. The summed E-state index contributed by atoms with van der Waals surface area (Å²) in [7, 11) is 1.66. The van der Waals surface area contributed by atoms with Crippen molar-refractivity contribution < 1.29 is 9.15 Å². The molecule has 0 fully saturated rings. The van der Waals surface area contributed by atoms with Crippen LogP contribution in [0.4, 0.5) is 11.6 Å². The van der Waals surface area contributed by atoms with Gasteiger partial charge in [-0.25, -0.2) is 0 Å². The number of nitrogens with two attached hydrogens (primary N) is 1.